The largest absolute Gasteiger partial charge is 0.353 e. The minimum atomic E-state index is -3.55. The predicted molar refractivity (Wildman–Crippen MR) is 115 cm³/mol. The molecule has 0 aromatic heterocycles. The fourth-order valence-corrected chi connectivity index (χ4v) is 7.08. The summed E-state index contributed by atoms with van der Waals surface area (Å²) in [6.07, 6.45) is 9.62. The predicted octanol–water partition coefficient (Wildman–Crippen LogP) is 3.69. The lowest BCUT2D eigenvalue weighted by Gasteiger charge is -2.59. The number of carbonyl (C=O) groups is 1. The van der Waals surface area contributed by atoms with E-state index >= 15 is 0 Å². The van der Waals surface area contributed by atoms with Crippen molar-refractivity contribution in [2.75, 3.05) is 6.54 Å². The van der Waals surface area contributed by atoms with Gasteiger partial charge in [0.2, 0.25) is 15.9 Å². The number of carbonyl (C=O) groups excluding carboxylic acids is 1. The van der Waals surface area contributed by atoms with E-state index in [0.717, 1.165) is 28.7 Å². The minimum absolute atomic E-state index is 0.0667. The summed E-state index contributed by atoms with van der Waals surface area (Å²) in [5.74, 6) is 2.49. The molecule has 1 aromatic rings. The van der Waals surface area contributed by atoms with Crippen LogP contribution in [-0.4, -0.2) is 26.9 Å². The zero-order valence-corrected chi connectivity index (χ0v) is 18.0. The Morgan fingerprint density at radius 3 is 2.28 bits per heavy atom. The molecule has 158 valence electrons. The third-order valence-electron chi connectivity index (χ3n) is 7.28. The average Bonchev–Trinajstić information content (AvgIpc) is 2.66. The van der Waals surface area contributed by atoms with E-state index in [1.165, 1.54) is 38.5 Å². The molecule has 1 aromatic carbocycles. The van der Waals surface area contributed by atoms with E-state index in [0.29, 0.717) is 0 Å². The highest BCUT2D eigenvalue weighted by atomic mass is 32.2. The first-order chi connectivity index (χ1) is 13.8. The number of hydrogen-bond donors (Lipinski definition) is 2. The lowest BCUT2D eigenvalue weighted by molar-refractivity contribution is -0.125. The van der Waals surface area contributed by atoms with Crippen LogP contribution in [0.5, 0.6) is 0 Å². The highest BCUT2D eigenvalue weighted by Crippen LogP contribution is 2.61. The van der Waals surface area contributed by atoms with Crippen molar-refractivity contribution in [2.24, 2.45) is 23.2 Å². The smallest absolute Gasteiger partial charge is 0.233 e. The van der Waals surface area contributed by atoms with E-state index in [9.17, 15) is 13.2 Å². The van der Waals surface area contributed by atoms with Gasteiger partial charge in [-0.25, -0.2) is 13.1 Å². The quantitative estimate of drug-likeness (QED) is 0.679. The van der Waals surface area contributed by atoms with Crippen molar-refractivity contribution in [3.63, 3.8) is 0 Å². The molecule has 6 heteroatoms. The van der Waals surface area contributed by atoms with Crippen molar-refractivity contribution in [3.8, 4) is 0 Å². The number of sulfonamides is 1. The van der Waals surface area contributed by atoms with Crippen molar-refractivity contribution in [1.29, 1.82) is 0 Å². The Morgan fingerprint density at radius 2 is 1.69 bits per heavy atom. The van der Waals surface area contributed by atoms with Crippen molar-refractivity contribution in [1.82, 2.24) is 10.0 Å². The first-order valence-corrected chi connectivity index (χ1v) is 12.4. The molecule has 4 bridgehead atoms. The molecule has 4 saturated carbocycles. The second-order valence-corrected chi connectivity index (χ2v) is 11.1. The zero-order chi connectivity index (χ0) is 20.5. The molecule has 29 heavy (non-hydrogen) atoms. The maximum atomic E-state index is 12.4. The lowest BCUT2D eigenvalue weighted by atomic mass is 9.48. The third kappa shape index (κ3) is 4.92. The Hall–Kier alpha value is -1.66. The van der Waals surface area contributed by atoms with Crippen LogP contribution in [-0.2, 0) is 14.8 Å². The topological polar surface area (TPSA) is 75.3 Å². The van der Waals surface area contributed by atoms with Crippen LogP contribution in [0.3, 0.4) is 0 Å². The van der Waals surface area contributed by atoms with Gasteiger partial charge in [0.1, 0.15) is 0 Å². The Kier molecular flexibility index (Phi) is 5.85. The molecule has 0 radical (unpaired) electrons. The van der Waals surface area contributed by atoms with Gasteiger partial charge in [-0.2, -0.15) is 0 Å². The fourth-order valence-electron chi connectivity index (χ4n) is 6.26. The summed E-state index contributed by atoms with van der Waals surface area (Å²) >= 11 is 0. The van der Waals surface area contributed by atoms with Crippen LogP contribution in [0.15, 0.2) is 35.7 Å². The van der Waals surface area contributed by atoms with Gasteiger partial charge in [0, 0.05) is 24.4 Å². The fraction of sp³-hybridized carbons (Fsp3) is 0.609. The van der Waals surface area contributed by atoms with Crippen LogP contribution >= 0.6 is 0 Å². The van der Waals surface area contributed by atoms with Crippen LogP contribution in [0.4, 0.5) is 0 Å². The van der Waals surface area contributed by atoms with Crippen molar-refractivity contribution in [3.05, 3.63) is 41.3 Å². The zero-order valence-electron chi connectivity index (χ0n) is 17.1. The molecule has 1 amide bonds. The summed E-state index contributed by atoms with van der Waals surface area (Å²) < 4.78 is 26.7. The molecule has 1 unspecified atom stereocenters. The number of nitrogens with one attached hydrogen (secondary N) is 2. The van der Waals surface area contributed by atoms with Gasteiger partial charge < -0.3 is 5.32 Å². The van der Waals surface area contributed by atoms with Crippen molar-refractivity contribution < 1.29 is 13.2 Å². The average molecular weight is 417 g/mol. The molecule has 4 fully saturated rings. The number of benzene rings is 1. The lowest BCUT2D eigenvalue weighted by Crippen LogP contribution is -2.56. The van der Waals surface area contributed by atoms with Gasteiger partial charge in [-0.1, -0.05) is 30.3 Å². The molecular weight excluding hydrogens is 384 g/mol. The minimum Gasteiger partial charge on any atom is -0.353 e. The summed E-state index contributed by atoms with van der Waals surface area (Å²) in [7, 11) is -3.55. The van der Waals surface area contributed by atoms with Gasteiger partial charge in [0.05, 0.1) is 0 Å². The summed E-state index contributed by atoms with van der Waals surface area (Å²) in [5.41, 5.74) is 1.09. The van der Waals surface area contributed by atoms with Crippen LogP contribution in [0.1, 0.15) is 57.4 Å². The highest BCUT2D eigenvalue weighted by molar-refractivity contribution is 7.92. The molecular formula is C23H32N2O3S. The standard InChI is InChI=1S/C23H32N2O3S/c1-17(23-14-19-11-20(15-23)13-21(12-19)16-23)25-22(26)7-9-24-29(27,28)10-8-18-5-3-2-4-6-18/h2-6,8,10,17,19-21,24H,7,9,11-16H2,1H3,(H,25,26)/b10-8+. The van der Waals surface area contributed by atoms with E-state index < -0.39 is 10.0 Å². The first-order valence-electron chi connectivity index (χ1n) is 10.9. The maximum Gasteiger partial charge on any atom is 0.233 e. The van der Waals surface area contributed by atoms with Crippen LogP contribution in [0.2, 0.25) is 0 Å². The molecule has 0 aliphatic heterocycles. The van der Waals surface area contributed by atoms with Gasteiger partial charge in [-0.15, -0.1) is 0 Å². The molecule has 0 saturated heterocycles. The molecule has 4 aliphatic rings. The van der Waals surface area contributed by atoms with Gasteiger partial charge in [0.15, 0.2) is 0 Å². The Labute approximate surface area is 174 Å². The molecule has 0 heterocycles. The van der Waals surface area contributed by atoms with Crippen LogP contribution in [0.25, 0.3) is 6.08 Å². The van der Waals surface area contributed by atoms with Gasteiger partial charge in [0.25, 0.3) is 0 Å². The van der Waals surface area contributed by atoms with E-state index in [2.05, 4.69) is 17.0 Å². The molecule has 1 atom stereocenters. The first kappa shape index (κ1) is 20.6. The van der Waals surface area contributed by atoms with Gasteiger partial charge in [-0.05, 0) is 80.3 Å². The number of hydrogen-bond acceptors (Lipinski definition) is 3. The molecule has 5 rings (SSSR count). The van der Waals surface area contributed by atoms with Gasteiger partial charge in [-0.3, -0.25) is 4.79 Å². The maximum absolute atomic E-state index is 12.4. The summed E-state index contributed by atoms with van der Waals surface area (Å²) in [6, 6.07) is 9.44. The van der Waals surface area contributed by atoms with E-state index in [1.807, 2.05) is 30.3 Å². The normalized spacial score (nSPS) is 31.8. The second-order valence-electron chi connectivity index (χ2n) is 9.47. The molecule has 2 N–H and O–H groups in total. The Morgan fingerprint density at radius 1 is 1.10 bits per heavy atom. The Bertz CT molecular complexity index is 828. The monoisotopic (exact) mass is 416 g/mol. The highest BCUT2D eigenvalue weighted by Gasteiger charge is 2.53. The molecule has 5 nitrogen and oxygen atoms in total. The second kappa shape index (κ2) is 8.23. The SMILES string of the molecule is CC(NC(=O)CCNS(=O)(=O)/C=C/c1ccccc1)C12CC3CC(CC(C3)C1)C2. The third-order valence-corrected chi connectivity index (χ3v) is 8.38. The van der Waals surface area contributed by atoms with E-state index in [4.69, 9.17) is 0 Å². The number of rotatable bonds is 8. The van der Waals surface area contributed by atoms with Crippen molar-refractivity contribution in [2.45, 2.75) is 57.9 Å². The molecule has 0 spiro atoms. The summed E-state index contributed by atoms with van der Waals surface area (Å²) in [4.78, 5) is 12.4. The van der Waals surface area contributed by atoms with Crippen molar-refractivity contribution >= 4 is 22.0 Å². The van der Waals surface area contributed by atoms with E-state index in [-0.39, 0.29) is 30.3 Å². The summed E-state index contributed by atoms with van der Waals surface area (Å²) in [6.45, 7) is 2.26. The van der Waals surface area contributed by atoms with Crippen LogP contribution in [0, 0.1) is 23.2 Å². The Balaban J connectivity index is 1.24. The van der Waals surface area contributed by atoms with E-state index in [1.54, 1.807) is 6.08 Å². The molecule has 4 aliphatic carbocycles. The summed E-state index contributed by atoms with van der Waals surface area (Å²) in [5, 5.41) is 4.34. The number of amides is 1. The van der Waals surface area contributed by atoms with Crippen LogP contribution < -0.4 is 10.0 Å². The van der Waals surface area contributed by atoms with Gasteiger partial charge >= 0.3 is 0 Å².